The van der Waals surface area contributed by atoms with Gasteiger partial charge in [-0.3, -0.25) is 10.1 Å². The second kappa shape index (κ2) is 6.60. The summed E-state index contributed by atoms with van der Waals surface area (Å²) in [7, 11) is 0. The fourth-order valence-electron chi connectivity index (χ4n) is 2.85. The summed E-state index contributed by atoms with van der Waals surface area (Å²) in [4.78, 5) is 26.2. The quantitative estimate of drug-likeness (QED) is 0.505. The molecule has 0 aliphatic carbocycles. The van der Waals surface area contributed by atoms with Gasteiger partial charge in [-0.05, 0) is 24.5 Å². The van der Waals surface area contributed by atoms with Crippen molar-refractivity contribution in [3.05, 3.63) is 46.1 Å². The maximum atomic E-state index is 12.1. The molecule has 0 spiro atoms. The average Bonchev–Trinajstić information content (AvgIpc) is 2.87. The summed E-state index contributed by atoms with van der Waals surface area (Å²) in [6.07, 6.45) is 1.76. The number of hydrogen-bond acceptors (Lipinski definition) is 4. The van der Waals surface area contributed by atoms with Crippen molar-refractivity contribution < 1.29 is 14.5 Å². The number of rotatable bonds is 6. The molecule has 2 atom stereocenters. The number of aromatic amines is 1. The Morgan fingerprint density at radius 1 is 1.36 bits per heavy atom. The molecule has 0 bridgehead atoms. The normalized spacial score (nSPS) is 14.0. The molecule has 2 aromatic rings. The van der Waals surface area contributed by atoms with E-state index in [4.69, 9.17) is 4.74 Å². The van der Waals surface area contributed by atoms with Gasteiger partial charge < -0.3 is 9.72 Å². The standard InChI is InChI=1S/C16H20N2O4/c1-4-22-16(19)15(18(20)21)14(10(2)3)12-9-17-13-8-6-5-7-11(12)13/h5-10,14-15,17H,4H2,1-3H3. The van der Waals surface area contributed by atoms with Crippen LogP contribution in [0.2, 0.25) is 0 Å². The van der Waals surface area contributed by atoms with E-state index in [1.807, 2.05) is 38.1 Å². The van der Waals surface area contributed by atoms with Gasteiger partial charge in [0.1, 0.15) is 0 Å². The molecule has 0 aliphatic heterocycles. The van der Waals surface area contributed by atoms with E-state index in [2.05, 4.69) is 4.98 Å². The van der Waals surface area contributed by atoms with Crippen molar-refractivity contribution >= 4 is 16.9 Å². The number of hydrogen-bond donors (Lipinski definition) is 1. The zero-order valence-corrected chi connectivity index (χ0v) is 12.9. The van der Waals surface area contributed by atoms with Crippen LogP contribution in [0.15, 0.2) is 30.5 Å². The number of para-hydroxylation sites is 1. The maximum Gasteiger partial charge on any atom is 0.382 e. The summed E-state index contributed by atoms with van der Waals surface area (Å²) in [5.41, 5.74) is 1.68. The van der Waals surface area contributed by atoms with Crippen molar-refractivity contribution in [3.8, 4) is 0 Å². The van der Waals surface area contributed by atoms with Gasteiger partial charge in [-0.2, -0.15) is 0 Å². The minimum atomic E-state index is -1.40. The smallest absolute Gasteiger partial charge is 0.382 e. The zero-order valence-electron chi connectivity index (χ0n) is 12.9. The molecular weight excluding hydrogens is 284 g/mol. The molecule has 0 radical (unpaired) electrons. The third kappa shape index (κ3) is 2.95. The second-order valence-electron chi connectivity index (χ2n) is 5.54. The molecule has 118 valence electrons. The summed E-state index contributed by atoms with van der Waals surface area (Å²) >= 11 is 0. The van der Waals surface area contributed by atoms with Crippen LogP contribution >= 0.6 is 0 Å². The van der Waals surface area contributed by atoms with E-state index < -0.39 is 22.9 Å². The molecule has 1 aromatic carbocycles. The van der Waals surface area contributed by atoms with Gasteiger partial charge in [-0.15, -0.1) is 0 Å². The van der Waals surface area contributed by atoms with Crippen LogP contribution in [0.5, 0.6) is 0 Å². The molecule has 1 N–H and O–H groups in total. The molecule has 0 amide bonds. The molecule has 2 unspecified atom stereocenters. The van der Waals surface area contributed by atoms with Crippen LogP contribution in [0.25, 0.3) is 10.9 Å². The van der Waals surface area contributed by atoms with E-state index in [0.29, 0.717) is 0 Å². The van der Waals surface area contributed by atoms with E-state index in [1.165, 1.54) is 0 Å². The topological polar surface area (TPSA) is 85.2 Å². The Morgan fingerprint density at radius 3 is 2.64 bits per heavy atom. The van der Waals surface area contributed by atoms with Crippen molar-refractivity contribution in [1.82, 2.24) is 4.98 Å². The molecule has 0 fully saturated rings. The average molecular weight is 304 g/mol. The number of H-pyrrole nitrogens is 1. The second-order valence-corrected chi connectivity index (χ2v) is 5.54. The van der Waals surface area contributed by atoms with Gasteiger partial charge in [0.15, 0.2) is 0 Å². The number of carbonyl (C=O) groups is 1. The molecule has 6 nitrogen and oxygen atoms in total. The number of nitro groups is 1. The Labute approximate surface area is 128 Å². The van der Waals surface area contributed by atoms with Gasteiger partial charge in [0.2, 0.25) is 0 Å². The van der Waals surface area contributed by atoms with Crippen molar-refractivity contribution in [1.29, 1.82) is 0 Å². The SMILES string of the molecule is CCOC(=O)C(C(c1c[nH]c2ccccc12)C(C)C)[N+](=O)[O-]. The first kappa shape index (κ1) is 16.0. The van der Waals surface area contributed by atoms with E-state index >= 15 is 0 Å². The number of benzene rings is 1. The van der Waals surface area contributed by atoms with E-state index in [0.717, 1.165) is 16.5 Å². The third-order valence-electron chi connectivity index (χ3n) is 3.79. The highest BCUT2D eigenvalue weighted by Gasteiger charge is 2.43. The Kier molecular flexibility index (Phi) is 4.80. The predicted octanol–water partition coefficient (Wildman–Crippen LogP) is 3.12. The van der Waals surface area contributed by atoms with E-state index in [1.54, 1.807) is 13.1 Å². The third-order valence-corrected chi connectivity index (χ3v) is 3.79. The molecule has 0 saturated heterocycles. The summed E-state index contributed by atoms with van der Waals surface area (Å²) in [5.74, 6) is -1.42. The number of carbonyl (C=O) groups excluding carboxylic acids is 1. The lowest BCUT2D eigenvalue weighted by Crippen LogP contribution is -2.39. The van der Waals surface area contributed by atoms with Gasteiger partial charge in [0.25, 0.3) is 0 Å². The number of esters is 1. The Balaban J connectivity index is 2.52. The summed E-state index contributed by atoms with van der Waals surface area (Å²) < 4.78 is 4.92. The highest BCUT2D eigenvalue weighted by molar-refractivity contribution is 5.85. The van der Waals surface area contributed by atoms with Crippen molar-refractivity contribution in [2.75, 3.05) is 6.61 Å². The molecule has 6 heteroatoms. The Hall–Kier alpha value is -2.37. The monoisotopic (exact) mass is 304 g/mol. The maximum absolute atomic E-state index is 12.1. The van der Waals surface area contributed by atoms with Gasteiger partial charge >= 0.3 is 12.0 Å². The van der Waals surface area contributed by atoms with Crippen LogP contribution < -0.4 is 0 Å². The largest absolute Gasteiger partial charge is 0.461 e. The van der Waals surface area contributed by atoms with Crippen LogP contribution in [0.3, 0.4) is 0 Å². The van der Waals surface area contributed by atoms with E-state index in [-0.39, 0.29) is 12.5 Å². The minimum absolute atomic E-state index is 0.0842. The van der Waals surface area contributed by atoms with Crippen LogP contribution in [-0.4, -0.2) is 28.5 Å². The number of nitrogens with one attached hydrogen (secondary N) is 1. The Bertz CT molecular complexity index is 678. The van der Waals surface area contributed by atoms with Crippen molar-refractivity contribution in [2.24, 2.45) is 5.92 Å². The molecule has 0 saturated carbocycles. The van der Waals surface area contributed by atoms with Gasteiger partial charge in [-0.1, -0.05) is 32.0 Å². The zero-order chi connectivity index (χ0) is 16.3. The molecule has 0 aliphatic rings. The number of ether oxygens (including phenoxy) is 1. The lowest BCUT2D eigenvalue weighted by atomic mass is 9.82. The molecule has 22 heavy (non-hydrogen) atoms. The first-order valence-corrected chi connectivity index (χ1v) is 7.33. The summed E-state index contributed by atoms with van der Waals surface area (Å²) in [6, 6.07) is 6.17. The van der Waals surface area contributed by atoms with Gasteiger partial charge in [0.05, 0.1) is 12.5 Å². The lowest BCUT2D eigenvalue weighted by Gasteiger charge is -2.22. The van der Waals surface area contributed by atoms with Crippen molar-refractivity contribution in [2.45, 2.75) is 32.7 Å². The molecule has 1 heterocycles. The lowest BCUT2D eigenvalue weighted by molar-refractivity contribution is -0.516. The van der Waals surface area contributed by atoms with Crippen LogP contribution in [0, 0.1) is 16.0 Å². The molecular formula is C16H20N2O4. The first-order chi connectivity index (χ1) is 10.5. The summed E-state index contributed by atoms with van der Waals surface area (Å²) in [6.45, 7) is 5.52. The van der Waals surface area contributed by atoms with Crippen molar-refractivity contribution in [3.63, 3.8) is 0 Å². The summed E-state index contributed by atoms with van der Waals surface area (Å²) in [5, 5.41) is 12.4. The highest BCUT2D eigenvalue weighted by atomic mass is 16.6. The van der Waals surface area contributed by atoms with Gasteiger partial charge in [0, 0.05) is 22.0 Å². The highest BCUT2D eigenvalue weighted by Crippen LogP contribution is 2.35. The van der Waals surface area contributed by atoms with Crippen LogP contribution in [-0.2, 0) is 9.53 Å². The van der Waals surface area contributed by atoms with Crippen LogP contribution in [0.4, 0.5) is 0 Å². The number of aromatic nitrogens is 1. The van der Waals surface area contributed by atoms with Crippen LogP contribution in [0.1, 0.15) is 32.3 Å². The molecule has 1 aromatic heterocycles. The number of nitrogens with zero attached hydrogens (tertiary/aromatic N) is 1. The Morgan fingerprint density at radius 2 is 2.05 bits per heavy atom. The first-order valence-electron chi connectivity index (χ1n) is 7.33. The number of fused-ring (bicyclic) bond motifs is 1. The fourth-order valence-corrected chi connectivity index (χ4v) is 2.85. The van der Waals surface area contributed by atoms with Gasteiger partial charge in [-0.25, -0.2) is 4.79 Å². The predicted molar refractivity (Wildman–Crippen MR) is 83.3 cm³/mol. The molecule has 2 rings (SSSR count). The minimum Gasteiger partial charge on any atom is -0.461 e. The fraction of sp³-hybridized carbons (Fsp3) is 0.438. The van der Waals surface area contributed by atoms with E-state index in [9.17, 15) is 14.9 Å².